The number of nitrogens with zero attached hydrogens (tertiary/aromatic N) is 2. The molecule has 1 aliphatic carbocycles. The first-order valence-corrected chi connectivity index (χ1v) is 8.92. The Morgan fingerprint density at radius 2 is 1.83 bits per heavy atom. The zero-order valence-corrected chi connectivity index (χ0v) is 17.1. The second-order valence-corrected chi connectivity index (χ2v) is 6.92. The summed E-state index contributed by atoms with van der Waals surface area (Å²) in [6.45, 7) is 9.78. The van der Waals surface area contributed by atoms with Gasteiger partial charge in [-0.25, -0.2) is 0 Å². The summed E-state index contributed by atoms with van der Waals surface area (Å²) < 4.78 is 0. The monoisotopic (exact) mass is 436 g/mol. The number of carbonyl (C=O) groups is 1. The van der Waals surface area contributed by atoms with E-state index in [-0.39, 0.29) is 35.9 Å². The molecule has 2 atom stereocenters. The van der Waals surface area contributed by atoms with Gasteiger partial charge >= 0.3 is 0 Å². The van der Waals surface area contributed by atoms with Crippen molar-refractivity contribution in [3.8, 4) is 0 Å². The lowest BCUT2D eigenvalue weighted by molar-refractivity contribution is -0.121. The molecule has 2 N–H and O–H groups in total. The first-order valence-electron chi connectivity index (χ1n) is 8.92. The molecule has 0 aromatic heterocycles. The van der Waals surface area contributed by atoms with Crippen LogP contribution in [0.4, 0.5) is 0 Å². The number of carbonyl (C=O) groups excluding carboxylic acids is 1. The topological polar surface area (TPSA) is 56.7 Å². The normalized spacial score (nSPS) is 24.2. The van der Waals surface area contributed by atoms with E-state index >= 15 is 0 Å². The van der Waals surface area contributed by atoms with Crippen molar-refractivity contribution in [2.75, 3.05) is 26.2 Å². The van der Waals surface area contributed by atoms with Crippen molar-refractivity contribution in [3.05, 3.63) is 0 Å². The summed E-state index contributed by atoms with van der Waals surface area (Å²) in [5.41, 5.74) is 0. The Balaban J connectivity index is 0.00000264. The molecular formula is C17H33IN4O. The zero-order valence-electron chi connectivity index (χ0n) is 14.8. The number of hydrogen-bond acceptors (Lipinski definition) is 2. The van der Waals surface area contributed by atoms with Crippen LogP contribution >= 0.6 is 24.0 Å². The van der Waals surface area contributed by atoms with Gasteiger partial charge in [-0.3, -0.25) is 9.79 Å². The highest BCUT2D eigenvalue weighted by Gasteiger charge is 2.35. The quantitative estimate of drug-likeness (QED) is 0.396. The van der Waals surface area contributed by atoms with Crippen molar-refractivity contribution >= 4 is 35.8 Å². The number of guanidine groups is 1. The van der Waals surface area contributed by atoms with E-state index in [4.69, 9.17) is 0 Å². The number of amides is 1. The predicted molar refractivity (Wildman–Crippen MR) is 106 cm³/mol. The van der Waals surface area contributed by atoms with Gasteiger partial charge < -0.3 is 15.5 Å². The minimum atomic E-state index is 0. The maximum absolute atomic E-state index is 11.7. The maximum atomic E-state index is 11.7. The van der Waals surface area contributed by atoms with Crippen LogP contribution in [-0.2, 0) is 4.79 Å². The van der Waals surface area contributed by atoms with Gasteiger partial charge in [0.25, 0.3) is 0 Å². The number of rotatable bonds is 5. The van der Waals surface area contributed by atoms with E-state index in [1.54, 1.807) is 0 Å². The van der Waals surface area contributed by atoms with Gasteiger partial charge in [-0.05, 0) is 45.4 Å². The van der Waals surface area contributed by atoms with Crippen molar-refractivity contribution in [3.63, 3.8) is 0 Å². The number of aliphatic imine (C=N–C) groups is 1. The first-order chi connectivity index (χ1) is 10.6. The van der Waals surface area contributed by atoms with Crippen LogP contribution < -0.4 is 10.6 Å². The largest absolute Gasteiger partial charge is 0.357 e. The summed E-state index contributed by atoms with van der Waals surface area (Å²) >= 11 is 0. The standard InChI is InChI=1S/C17H32N4O.HI/c1-4-18-17(19-10-9-16(22)20-13(2)3)21-11-14-7-5-6-8-15(14)12-21;/h13-15H,4-12H2,1-3H3,(H,18,19)(H,20,22);1H. The Bertz CT molecular complexity index is 386. The number of halogens is 1. The van der Waals surface area contributed by atoms with Crippen LogP contribution in [-0.4, -0.2) is 49.0 Å². The van der Waals surface area contributed by atoms with Crippen molar-refractivity contribution in [1.82, 2.24) is 15.5 Å². The van der Waals surface area contributed by atoms with E-state index in [0.29, 0.717) is 13.0 Å². The minimum Gasteiger partial charge on any atom is -0.357 e. The van der Waals surface area contributed by atoms with Crippen LogP contribution in [0.25, 0.3) is 0 Å². The van der Waals surface area contributed by atoms with E-state index in [2.05, 4.69) is 27.4 Å². The van der Waals surface area contributed by atoms with E-state index in [0.717, 1.165) is 37.4 Å². The first kappa shape index (κ1) is 20.5. The molecule has 1 amide bonds. The molecule has 0 spiro atoms. The van der Waals surface area contributed by atoms with Crippen molar-refractivity contribution in [2.24, 2.45) is 16.8 Å². The van der Waals surface area contributed by atoms with E-state index < -0.39 is 0 Å². The van der Waals surface area contributed by atoms with E-state index in [1.807, 2.05) is 13.8 Å². The third-order valence-corrected chi connectivity index (χ3v) is 4.66. The van der Waals surface area contributed by atoms with Gasteiger partial charge in [0.1, 0.15) is 0 Å². The SMILES string of the molecule is CCNC(=NCCC(=O)NC(C)C)N1CC2CCCCC2C1.I. The second-order valence-electron chi connectivity index (χ2n) is 6.92. The van der Waals surface area contributed by atoms with Gasteiger partial charge in [0.05, 0.1) is 6.54 Å². The van der Waals surface area contributed by atoms with Crippen molar-refractivity contribution < 1.29 is 4.79 Å². The highest BCUT2D eigenvalue weighted by molar-refractivity contribution is 14.0. The molecular weight excluding hydrogens is 403 g/mol. The van der Waals surface area contributed by atoms with Gasteiger partial charge in [-0.15, -0.1) is 24.0 Å². The van der Waals surface area contributed by atoms with Gasteiger partial charge in [-0.1, -0.05) is 12.8 Å². The van der Waals surface area contributed by atoms with E-state index in [9.17, 15) is 4.79 Å². The summed E-state index contributed by atoms with van der Waals surface area (Å²) in [4.78, 5) is 18.8. The van der Waals surface area contributed by atoms with E-state index in [1.165, 1.54) is 25.7 Å². The lowest BCUT2D eigenvalue weighted by Gasteiger charge is -2.22. The van der Waals surface area contributed by atoms with Crippen LogP contribution in [0.5, 0.6) is 0 Å². The molecule has 2 fully saturated rings. The molecule has 0 radical (unpaired) electrons. The molecule has 0 bridgehead atoms. The molecule has 23 heavy (non-hydrogen) atoms. The molecule has 1 saturated heterocycles. The summed E-state index contributed by atoms with van der Waals surface area (Å²) in [6.07, 6.45) is 5.98. The highest BCUT2D eigenvalue weighted by atomic mass is 127. The van der Waals surface area contributed by atoms with Crippen LogP contribution in [0, 0.1) is 11.8 Å². The smallest absolute Gasteiger partial charge is 0.222 e. The minimum absolute atomic E-state index is 0. The summed E-state index contributed by atoms with van der Waals surface area (Å²) in [7, 11) is 0. The average molecular weight is 436 g/mol. The van der Waals surface area contributed by atoms with Crippen molar-refractivity contribution in [1.29, 1.82) is 0 Å². The molecule has 1 aliphatic heterocycles. The van der Waals surface area contributed by atoms with Crippen LogP contribution in [0.3, 0.4) is 0 Å². The van der Waals surface area contributed by atoms with Gasteiger partial charge in [-0.2, -0.15) is 0 Å². The highest BCUT2D eigenvalue weighted by Crippen LogP contribution is 2.35. The Kier molecular flexibility index (Phi) is 9.24. The Labute approximate surface area is 158 Å². The summed E-state index contributed by atoms with van der Waals surface area (Å²) in [5, 5.41) is 6.31. The van der Waals surface area contributed by atoms with Gasteiger partial charge in [0, 0.05) is 32.1 Å². The van der Waals surface area contributed by atoms with Gasteiger partial charge in [0.15, 0.2) is 5.96 Å². The van der Waals surface area contributed by atoms with Crippen molar-refractivity contribution in [2.45, 2.75) is 58.9 Å². The molecule has 1 heterocycles. The summed E-state index contributed by atoms with van der Waals surface area (Å²) in [6, 6.07) is 0.200. The predicted octanol–water partition coefficient (Wildman–Crippen LogP) is 2.61. The summed E-state index contributed by atoms with van der Waals surface area (Å²) in [5.74, 6) is 2.78. The molecule has 1 saturated carbocycles. The maximum Gasteiger partial charge on any atom is 0.222 e. The molecule has 2 aliphatic rings. The Morgan fingerprint density at radius 1 is 1.22 bits per heavy atom. The number of likely N-dealkylation sites (tertiary alicyclic amines) is 1. The van der Waals surface area contributed by atoms with Crippen LogP contribution in [0.2, 0.25) is 0 Å². The fourth-order valence-corrected chi connectivity index (χ4v) is 3.66. The third kappa shape index (κ3) is 6.47. The molecule has 2 unspecified atom stereocenters. The molecule has 5 nitrogen and oxygen atoms in total. The molecule has 0 aromatic carbocycles. The average Bonchev–Trinajstić information content (AvgIpc) is 2.89. The lowest BCUT2D eigenvalue weighted by atomic mass is 9.82. The number of hydrogen-bond donors (Lipinski definition) is 2. The Morgan fingerprint density at radius 3 is 2.35 bits per heavy atom. The Hall–Kier alpha value is -0.530. The van der Waals surface area contributed by atoms with Gasteiger partial charge in [0.2, 0.25) is 5.91 Å². The molecule has 134 valence electrons. The molecule has 6 heteroatoms. The second kappa shape index (κ2) is 10.4. The fourth-order valence-electron chi connectivity index (χ4n) is 3.66. The zero-order chi connectivity index (χ0) is 15.9. The fraction of sp³-hybridized carbons (Fsp3) is 0.882. The van der Waals surface area contributed by atoms with Crippen LogP contribution in [0.1, 0.15) is 52.9 Å². The molecule has 2 rings (SSSR count). The van der Waals surface area contributed by atoms with Crippen LogP contribution in [0.15, 0.2) is 4.99 Å². The third-order valence-electron chi connectivity index (χ3n) is 4.66. The molecule has 0 aromatic rings. The number of nitrogens with one attached hydrogen (secondary N) is 2. The lowest BCUT2D eigenvalue weighted by Crippen LogP contribution is -2.40. The number of fused-ring (bicyclic) bond motifs is 1.